The summed E-state index contributed by atoms with van der Waals surface area (Å²) in [6.07, 6.45) is 3.94. The molecular weight excluding hydrogens is 492 g/mol. The molecule has 6 heteroatoms. The van der Waals surface area contributed by atoms with Crippen LogP contribution in [0.25, 0.3) is 5.69 Å². The highest BCUT2D eigenvalue weighted by molar-refractivity contribution is 9.10. The number of benzene rings is 2. The largest absolute Gasteiger partial charge is 0.351 e. The molecule has 0 radical (unpaired) electrons. The normalized spacial score (nSPS) is 18.1. The van der Waals surface area contributed by atoms with Crippen LogP contribution in [0.2, 0.25) is 0 Å². The first-order valence-corrected chi connectivity index (χ1v) is 12.3. The maximum atomic E-state index is 5.89. The van der Waals surface area contributed by atoms with Crippen molar-refractivity contribution in [3.8, 4) is 5.69 Å². The third kappa shape index (κ3) is 4.21. The molecule has 0 bridgehead atoms. The van der Waals surface area contributed by atoms with Crippen LogP contribution in [0, 0.1) is 0 Å². The molecule has 0 unspecified atom stereocenters. The summed E-state index contributed by atoms with van der Waals surface area (Å²) in [5.74, 6) is 0.480. The Balaban J connectivity index is 1.64. The summed E-state index contributed by atoms with van der Waals surface area (Å²) in [6, 6.07) is 27.2. The second-order valence-corrected chi connectivity index (χ2v) is 9.83. The van der Waals surface area contributed by atoms with Crippen molar-refractivity contribution >= 4 is 38.9 Å². The zero-order chi connectivity index (χ0) is 22.9. The Hall–Kier alpha value is -2.96. The lowest BCUT2D eigenvalue weighted by molar-refractivity contribution is 0.549. The Kier molecular flexibility index (Phi) is 6.04. The Morgan fingerprint density at radius 1 is 0.939 bits per heavy atom. The van der Waals surface area contributed by atoms with Crippen LogP contribution in [0.1, 0.15) is 48.8 Å². The van der Waals surface area contributed by atoms with Gasteiger partial charge < -0.3 is 14.8 Å². The van der Waals surface area contributed by atoms with E-state index in [9.17, 15) is 0 Å². The van der Waals surface area contributed by atoms with E-state index in [-0.39, 0.29) is 12.1 Å². The van der Waals surface area contributed by atoms with E-state index < -0.39 is 0 Å². The fourth-order valence-corrected chi connectivity index (χ4v) is 5.18. The molecule has 33 heavy (non-hydrogen) atoms. The number of nitrogens with zero attached hydrogens (tertiary/aromatic N) is 3. The van der Waals surface area contributed by atoms with E-state index in [1.807, 2.05) is 24.4 Å². The van der Waals surface area contributed by atoms with Crippen LogP contribution in [0.5, 0.6) is 0 Å². The van der Waals surface area contributed by atoms with E-state index in [4.69, 9.17) is 12.2 Å². The molecule has 166 valence electrons. The number of aromatic nitrogens is 2. The fraction of sp³-hybridized carbons (Fsp3) is 0.185. The summed E-state index contributed by atoms with van der Waals surface area (Å²) < 4.78 is 3.28. The van der Waals surface area contributed by atoms with E-state index in [0.29, 0.717) is 11.0 Å². The fourth-order valence-electron chi connectivity index (χ4n) is 4.45. The molecule has 2 aromatic heterocycles. The summed E-state index contributed by atoms with van der Waals surface area (Å²) in [4.78, 5) is 6.90. The van der Waals surface area contributed by atoms with Crippen molar-refractivity contribution in [3.63, 3.8) is 0 Å². The first kappa shape index (κ1) is 21.9. The quantitative estimate of drug-likeness (QED) is 0.291. The number of nitrogens with one attached hydrogen (secondary N) is 1. The van der Waals surface area contributed by atoms with Crippen molar-refractivity contribution in [2.75, 3.05) is 4.90 Å². The van der Waals surface area contributed by atoms with Gasteiger partial charge in [-0.1, -0.05) is 54.0 Å². The van der Waals surface area contributed by atoms with Crippen molar-refractivity contribution < 1.29 is 0 Å². The Bertz CT molecular complexity index is 1270. The average molecular weight is 517 g/mol. The van der Waals surface area contributed by atoms with Crippen LogP contribution < -0.4 is 10.2 Å². The van der Waals surface area contributed by atoms with Crippen LogP contribution in [-0.4, -0.2) is 14.7 Å². The molecule has 3 heterocycles. The van der Waals surface area contributed by atoms with Gasteiger partial charge in [0.2, 0.25) is 0 Å². The highest BCUT2D eigenvalue weighted by Gasteiger charge is 2.42. The van der Waals surface area contributed by atoms with Gasteiger partial charge in [0, 0.05) is 33.9 Å². The molecule has 2 atom stereocenters. The number of hydrogen-bond donors (Lipinski definition) is 1. The molecule has 4 aromatic rings. The molecule has 1 aliphatic rings. The summed E-state index contributed by atoms with van der Waals surface area (Å²) in [5.41, 5.74) is 5.59. The van der Waals surface area contributed by atoms with Gasteiger partial charge in [0.05, 0.1) is 11.7 Å². The number of hydrogen-bond acceptors (Lipinski definition) is 2. The molecular formula is C27H25BrN4S. The first-order chi connectivity index (χ1) is 16.0. The molecule has 5 rings (SSSR count). The lowest BCUT2D eigenvalue weighted by atomic mass is 9.99. The molecule has 1 N–H and O–H groups in total. The minimum absolute atomic E-state index is 0.0636. The molecule has 4 nitrogen and oxygen atoms in total. The van der Waals surface area contributed by atoms with Crippen LogP contribution in [-0.2, 0) is 0 Å². The van der Waals surface area contributed by atoms with Gasteiger partial charge in [0.25, 0.3) is 0 Å². The zero-order valence-corrected chi connectivity index (χ0v) is 20.9. The second kappa shape index (κ2) is 9.12. The van der Waals surface area contributed by atoms with Crippen LogP contribution in [0.4, 0.5) is 5.69 Å². The number of pyridine rings is 1. The zero-order valence-electron chi connectivity index (χ0n) is 18.5. The number of thiocarbonyl (C=S) groups is 1. The number of anilines is 1. The monoisotopic (exact) mass is 516 g/mol. The lowest BCUT2D eigenvalue weighted by Crippen LogP contribution is -2.30. The predicted octanol–water partition coefficient (Wildman–Crippen LogP) is 6.94. The summed E-state index contributed by atoms with van der Waals surface area (Å²) >= 11 is 9.50. The Labute approximate surface area is 208 Å². The highest BCUT2D eigenvalue weighted by Crippen LogP contribution is 2.42. The summed E-state index contributed by atoms with van der Waals surface area (Å²) in [7, 11) is 0. The molecule has 2 aromatic carbocycles. The summed E-state index contributed by atoms with van der Waals surface area (Å²) in [6.45, 7) is 4.42. The third-order valence-corrected chi connectivity index (χ3v) is 6.91. The molecule has 0 spiro atoms. The predicted molar refractivity (Wildman–Crippen MR) is 142 cm³/mol. The minimum atomic E-state index is -0.0794. The van der Waals surface area contributed by atoms with Gasteiger partial charge in [-0.2, -0.15) is 0 Å². The average Bonchev–Trinajstić information content (AvgIpc) is 3.44. The van der Waals surface area contributed by atoms with E-state index in [1.165, 1.54) is 5.56 Å². The molecule has 1 fully saturated rings. The van der Waals surface area contributed by atoms with Gasteiger partial charge in [-0.3, -0.25) is 4.98 Å². The Morgan fingerprint density at radius 2 is 1.76 bits per heavy atom. The maximum absolute atomic E-state index is 5.89. The number of rotatable bonds is 5. The minimum Gasteiger partial charge on any atom is -0.351 e. The molecule has 0 amide bonds. The van der Waals surface area contributed by atoms with Crippen molar-refractivity contribution in [1.29, 1.82) is 0 Å². The summed E-state index contributed by atoms with van der Waals surface area (Å²) in [5, 5.41) is 4.26. The third-order valence-electron chi connectivity index (χ3n) is 6.11. The van der Waals surface area contributed by atoms with Crippen molar-refractivity contribution in [3.05, 3.63) is 113 Å². The molecule has 1 saturated heterocycles. The highest BCUT2D eigenvalue weighted by atomic mass is 79.9. The van der Waals surface area contributed by atoms with Gasteiger partial charge >= 0.3 is 0 Å². The lowest BCUT2D eigenvalue weighted by Gasteiger charge is -2.29. The van der Waals surface area contributed by atoms with Crippen molar-refractivity contribution in [2.24, 2.45) is 0 Å². The van der Waals surface area contributed by atoms with Crippen LogP contribution in [0.15, 0.2) is 95.7 Å². The van der Waals surface area contributed by atoms with Gasteiger partial charge in [-0.25, -0.2) is 0 Å². The number of halogens is 1. The van der Waals surface area contributed by atoms with E-state index >= 15 is 0 Å². The Morgan fingerprint density at radius 3 is 2.45 bits per heavy atom. The van der Waals surface area contributed by atoms with E-state index in [0.717, 1.165) is 27.2 Å². The van der Waals surface area contributed by atoms with Crippen LogP contribution >= 0.6 is 28.1 Å². The van der Waals surface area contributed by atoms with Crippen LogP contribution in [0.3, 0.4) is 0 Å². The smallest absolute Gasteiger partial charge is 0.174 e. The van der Waals surface area contributed by atoms with Gasteiger partial charge in [0.15, 0.2) is 5.11 Å². The molecule has 1 aliphatic heterocycles. The van der Waals surface area contributed by atoms with Gasteiger partial charge in [-0.15, -0.1) is 0 Å². The molecule has 0 aliphatic carbocycles. The SMILES string of the molecule is CC(C)c1ccc(N2C(=S)N[C@H](c3ccccn3)[C@H]2c2cccn2-c2cccc(Br)c2)cc1. The van der Waals surface area contributed by atoms with E-state index in [1.54, 1.807) is 0 Å². The van der Waals surface area contributed by atoms with Gasteiger partial charge in [-0.05, 0) is 78.3 Å². The second-order valence-electron chi connectivity index (χ2n) is 8.53. The standard InChI is InChI=1S/C27H25BrN4S/c1-18(2)19-11-13-21(14-12-19)32-26(25(30-27(32)33)23-9-3-4-15-29-23)24-10-6-16-31(24)22-8-5-7-20(28)17-22/h3-18,25-26H,1-2H3,(H,30,33)/t25-,26-/m1/s1. The van der Waals surface area contributed by atoms with Gasteiger partial charge in [0.1, 0.15) is 6.04 Å². The molecule has 0 saturated carbocycles. The topological polar surface area (TPSA) is 33.1 Å². The van der Waals surface area contributed by atoms with Crippen molar-refractivity contribution in [2.45, 2.75) is 31.8 Å². The van der Waals surface area contributed by atoms with Crippen molar-refractivity contribution in [1.82, 2.24) is 14.9 Å². The van der Waals surface area contributed by atoms with E-state index in [2.05, 4.69) is 116 Å². The first-order valence-electron chi connectivity index (χ1n) is 11.1. The maximum Gasteiger partial charge on any atom is 0.174 e.